The molecule has 0 saturated carbocycles. The minimum atomic E-state index is -0.879. The lowest BCUT2D eigenvalue weighted by Gasteiger charge is -2.38. The number of carbonyl (C=O) groups is 1. The highest BCUT2D eigenvalue weighted by atomic mass is 16.4. The Labute approximate surface area is 184 Å². The fraction of sp³-hybridized carbons (Fsp3) is 0.423. The number of hydrogen-bond donors (Lipinski definition) is 2. The summed E-state index contributed by atoms with van der Waals surface area (Å²) in [5.74, 6) is -0.879. The van der Waals surface area contributed by atoms with Crippen LogP contribution in [0.15, 0.2) is 48.5 Å². The van der Waals surface area contributed by atoms with Gasteiger partial charge in [-0.1, -0.05) is 49.4 Å². The second-order valence-corrected chi connectivity index (χ2v) is 8.70. The number of nitrogens with zero attached hydrogens (tertiary/aromatic N) is 2. The van der Waals surface area contributed by atoms with E-state index in [4.69, 9.17) is 0 Å². The number of aryl methyl sites for hydroxylation is 1. The van der Waals surface area contributed by atoms with Crippen LogP contribution >= 0.6 is 0 Å². The van der Waals surface area contributed by atoms with Crippen molar-refractivity contribution in [3.05, 3.63) is 70.9 Å². The monoisotopic (exact) mass is 419 g/mol. The number of hydrogen-bond acceptors (Lipinski definition) is 3. The number of fused-ring (bicyclic) bond motifs is 1. The highest BCUT2D eigenvalue weighted by molar-refractivity contribution is 5.97. The lowest BCUT2D eigenvalue weighted by atomic mass is 10.0. The molecule has 5 heteroatoms. The van der Waals surface area contributed by atoms with Crippen molar-refractivity contribution in [1.82, 2.24) is 14.8 Å². The molecule has 31 heavy (non-hydrogen) atoms. The average Bonchev–Trinajstić information content (AvgIpc) is 3.14. The van der Waals surface area contributed by atoms with Crippen LogP contribution in [-0.4, -0.2) is 58.1 Å². The largest absolute Gasteiger partial charge is 0.477 e. The summed E-state index contributed by atoms with van der Waals surface area (Å²) in [6.45, 7) is 9.13. The number of carboxylic acids is 1. The lowest BCUT2D eigenvalue weighted by molar-refractivity contribution is 0.0685. The molecule has 0 amide bonds. The van der Waals surface area contributed by atoms with Crippen molar-refractivity contribution < 1.29 is 9.90 Å². The van der Waals surface area contributed by atoms with E-state index in [1.54, 1.807) is 0 Å². The third-order valence-corrected chi connectivity index (χ3v) is 6.68. The summed E-state index contributed by atoms with van der Waals surface area (Å²) in [7, 11) is 0. The highest BCUT2D eigenvalue weighted by Gasteiger charge is 2.26. The van der Waals surface area contributed by atoms with E-state index in [9.17, 15) is 9.90 Å². The number of aromatic nitrogens is 1. The van der Waals surface area contributed by atoms with Gasteiger partial charge >= 0.3 is 5.97 Å². The van der Waals surface area contributed by atoms with Crippen molar-refractivity contribution in [2.45, 2.75) is 45.7 Å². The summed E-state index contributed by atoms with van der Waals surface area (Å²) in [6.07, 6.45) is 3.36. The van der Waals surface area contributed by atoms with Gasteiger partial charge in [-0.15, -0.1) is 0 Å². The molecule has 0 radical (unpaired) electrons. The third kappa shape index (κ3) is 5.00. The third-order valence-electron chi connectivity index (χ3n) is 6.68. The molecule has 4 rings (SSSR count). The summed E-state index contributed by atoms with van der Waals surface area (Å²) in [4.78, 5) is 20.1. The van der Waals surface area contributed by atoms with Crippen LogP contribution in [0.5, 0.6) is 0 Å². The normalized spacial score (nSPS) is 15.7. The number of rotatable bonds is 8. The van der Waals surface area contributed by atoms with Crippen LogP contribution in [0.2, 0.25) is 0 Å². The first-order valence-corrected chi connectivity index (χ1v) is 11.4. The fourth-order valence-corrected chi connectivity index (χ4v) is 4.86. The van der Waals surface area contributed by atoms with E-state index in [1.165, 1.54) is 5.56 Å². The lowest BCUT2D eigenvalue weighted by Crippen LogP contribution is -2.45. The zero-order chi connectivity index (χ0) is 21.8. The molecule has 1 aromatic heterocycles. The minimum absolute atomic E-state index is 0.333. The summed E-state index contributed by atoms with van der Waals surface area (Å²) in [5, 5.41) is 10.8. The Hall–Kier alpha value is -2.63. The Morgan fingerprint density at radius 2 is 1.90 bits per heavy atom. The molecule has 0 bridgehead atoms. The second kappa shape index (κ2) is 9.67. The van der Waals surface area contributed by atoms with Crippen molar-refractivity contribution in [1.29, 1.82) is 0 Å². The average molecular weight is 420 g/mol. The van der Waals surface area contributed by atoms with E-state index < -0.39 is 5.97 Å². The predicted molar refractivity (Wildman–Crippen MR) is 126 cm³/mol. The van der Waals surface area contributed by atoms with Gasteiger partial charge in [0.2, 0.25) is 0 Å². The van der Waals surface area contributed by atoms with Gasteiger partial charge in [0.25, 0.3) is 0 Å². The zero-order valence-corrected chi connectivity index (χ0v) is 18.6. The van der Waals surface area contributed by atoms with Crippen molar-refractivity contribution in [3.63, 3.8) is 0 Å². The standard InChI is InChI=1S/C26H33N3O2/c1-3-29(18-23-22-10-9-19(2)17-24(22)27-25(23)26(30)31)21-12-15-28(16-13-21)14-11-20-7-5-4-6-8-20/h4-10,17,21,27H,3,11-16,18H2,1-2H3,(H,30,31). The maximum Gasteiger partial charge on any atom is 0.352 e. The van der Waals surface area contributed by atoms with Gasteiger partial charge in [-0.2, -0.15) is 0 Å². The predicted octanol–water partition coefficient (Wildman–Crippen LogP) is 4.70. The van der Waals surface area contributed by atoms with Crippen LogP contribution in [0.4, 0.5) is 0 Å². The molecule has 2 aromatic carbocycles. The molecule has 1 fully saturated rings. The molecule has 0 spiro atoms. The van der Waals surface area contributed by atoms with Crippen molar-refractivity contribution in [3.8, 4) is 0 Å². The van der Waals surface area contributed by atoms with Crippen LogP contribution in [0.25, 0.3) is 10.9 Å². The van der Waals surface area contributed by atoms with E-state index in [2.05, 4.69) is 64.2 Å². The summed E-state index contributed by atoms with van der Waals surface area (Å²) in [6, 6.07) is 17.3. The number of nitrogens with one attached hydrogen (secondary N) is 1. The van der Waals surface area contributed by atoms with E-state index in [-0.39, 0.29) is 0 Å². The van der Waals surface area contributed by atoms with Gasteiger partial charge in [0.1, 0.15) is 5.69 Å². The van der Waals surface area contributed by atoms with Crippen LogP contribution in [-0.2, 0) is 13.0 Å². The van der Waals surface area contributed by atoms with Crippen LogP contribution < -0.4 is 0 Å². The Balaban J connectivity index is 1.41. The number of carboxylic acid groups (broad SMARTS) is 1. The Bertz CT molecular complexity index is 1020. The SMILES string of the molecule is CCN(Cc1c(C(=O)O)[nH]c2cc(C)ccc12)C1CCN(CCc2ccccc2)CC1. The van der Waals surface area contributed by atoms with Crippen molar-refractivity contribution in [2.75, 3.05) is 26.2 Å². The number of piperidine rings is 1. The quantitative estimate of drug-likeness (QED) is 0.555. The number of likely N-dealkylation sites (tertiary alicyclic amines) is 1. The number of benzene rings is 2. The Morgan fingerprint density at radius 1 is 1.16 bits per heavy atom. The molecule has 5 nitrogen and oxygen atoms in total. The van der Waals surface area contributed by atoms with Crippen LogP contribution in [0, 0.1) is 6.92 Å². The molecule has 0 atom stereocenters. The maximum absolute atomic E-state index is 11.9. The molecule has 0 unspecified atom stereocenters. The summed E-state index contributed by atoms with van der Waals surface area (Å²) < 4.78 is 0. The van der Waals surface area contributed by atoms with E-state index >= 15 is 0 Å². The first-order chi connectivity index (χ1) is 15.0. The Kier molecular flexibility index (Phi) is 6.73. The van der Waals surface area contributed by atoms with Gasteiger partial charge < -0.3 is 15.0 Å². The molecule has 164 valence electrons. The first kappa shape index (κ1) is 21.6. The molecule has 0 aliphatic carbocycles. The molecule has 1 aliphatic rings. The van der Waals surface area contributed by atoms with Crippen molar-refractivity contribution >= 4 is 16.9 Å². The van der Waals surface area contributed by atoms with E-state index in [1.807, 2.05) is 13.0 Å². The summed E-state index contributed by atoms with van der Waals surface area (Å²) >= 11 is 0. The van der Waals surface area contributed by atoms with Gasteiger partial charge in [-0.05, 0) is 63.0 Å². The molecule has 2 heterocycles. The maximum atomic E-state index is 11.9. The number of H-pyrrole nitrogens is 1. The van der Waals surface area contributed by atoms with Gasteiger partial charge in [-0.3, -0.25) is 4.90 Å². The fourth-order valence-electron chi connectivity index (χ4n) is 4.86. The van der Waals surface area contributed by atoms with Gasteiger partial charge in [0.05, 0.1) is 0 Å². The van der Waals surface area contributed by atoms with Crippen LogP contribution in [0.3, 0.4) is 0 Å². The molecular weight excluding hydrogens is 386 g/mol. The Morgan fingerprint density at radius 3 is 2.58 bits per heavy atom. The van der Waals surface area contributed by atoms with Gasteiger partial charge in [-0.25, -0.2) is 4.79 Å². The molecule has 1 saturated heterocycles. The number of aromatic carboxylic acids is 1. The van der Waals surface area contributed by atoms with E-state index in [0.29, 0.717) is 18.3 Å². The van der Waals surface area contributed by atoms with Gasteiger partial charge in [0, 0.05) is 35.6 Å². The smallest absolute Gasteiger partial charge is 0.352 e. The second-order valence-electron chi connectivity index (χ2n) is 8.70. The molecule has 3 aromatic rings. The highest BCUT2D eigenvalue weighted by Crippen LogP contribution is 2.27. The summed E-state index contributed by atoms with van der Waals surface area (Å²) in [5.41, 5.74) is 4.69. The van der Waals surface area contributed by atoms with Crippen molar-refractivity contribution in [2.24, 2.45) is 0 Å². The van der Waals surface area contributed by atoms with Crippen LogP contribution in [0.1, 0.15) is 46.9 Å². The minimum Gasteiger partial charge on any atom is -0.477 e. The van der Waals surface area contributed by atoms with E-state index in [0.717, 1.165) is 67.5 Å². The molecule has 2 N–H and O–H groups in total. The zero-order valence-electron chi connectivity index (χ0n) is 18.6. The van der Waals surface area contributed by atoms with Gasteiger partial charge in [0.15, 0.2) is 0 Å². The topological polar surface area (TPSA) is 59.6 Å². The molecular formula is C26H33N3O2. The molecule has 1 aliphatic heterocycles. The number of aromatic amines is 1. The first-order valence-electron chi connectivity index (χ1n) is 11.4.